The first kappa shape index (κ1) is 21.3. The van der Waals surface area contributed by atoms with Gasteiger partial charge in [0, 0.05) is 29.8 Å². The van der Waals surface area contributed by atoms with E-state index in [4.69, 9.17) is 21.7 Å². The van der Waals surface area contributed by atoms with Crippen molar-refractivity contribution in [3.05, 3.63) is 70.7 Å². The molecule has 1 aliphatic heterocycles. The van der Waals surface area contributed by atoms with E-state index in [1.165, 1.54) is 6.07 Å². The lowest BCUT2D eigenvalue weighted by molar-refractivity contribution is -0.116. The molecule has 0 aromatic heterocycles. The van der Waals surface area contributed by atoms with E-state index in [0.717, 1.165) is 36.2 Å². The molecule has 0 radical (unpaired) electrons. The van der Waals surface area contributed by atoms with Crippen LogP contribution in [0.15, 0.2) is 53.7 Å². The number of methoxy groups -OCH3 is 1. The van der Waals surface area contributed by atoms with Crippen LogP contribution in [0.5, 0.6) is 11.5 Å². The number of nitrogens with zero attached hydrogens (tertiary/aromatic N) is 1. The summed E-state index contributed by atoms with van der Waals surface area (Å²) >= 11 is 5.58. The fraction of sp³-hybridized carbons (Fsp3) is 0.333. The van der Waals surface area contributed by atoms with Gasteiger partial charge in [0.05, 0.1) is 13.2 Å². The van der Waals surface area contributed by atoms with Crippen molar-refractivity contribution in [2.75, 3.05) is 13.7 Å². The van der Waals surface area contributed by atoms with Gasteiger partial charge in [-0.25, -0.2) is 4.39 Å². The first-order valence-corrected chi connectivity index (χ1v) is 10.8. The van der Waals surface area contributed by atoms with E-state index in [9.17, 15) is 9.18 Å². The van der Waals surface area contributed by atoms with Crippen molar-refractivity contribution in [1.82, 2.24) is 10.2 Å². The highest BCUT2D eigenvalue weighted by Gasteiger charge is 2.36. The zero-order chi connectivity index (χ0) is 22.0. The van der Waals surface area contributed by atoms with Crippen LogP contribution in [0.4, 0.5) is 4.39 Å². The number of ketones is 1. The minimum absolute atomic E-state index is 0.0907. The van der Waals surface area contributed by atoms with Gasteiger partial charge in [0.15, 0.2) is 22.4 Å². The van der Waals surface area contributed by atoms with E-state index in [2.05, 4.69) is 5.32 Å². The number of carbonyl (C=O) groups excluding carboxylic acids is 1. The van der Waals surface area contributed by atoms with Crippen LogP contribution in [0.2, 0.25) is 0 Å². The van der Waals surface area contributed by atoms with Crippen LogP contribution in [0.3, 0.4) is 0 Å². The van der Waals surface area contributed by atoms with Gasteiger partial charge < -0.3 is 19.7 Å². The molecule has 0 fully saturated rings. The lowest BCUT2D eigenvalue weighted by atomic mass is 9.84. The largest absolute Gasteiger partial charge is 0.493 e. The smallest absolute Gasteiger partial charge is 0.173 e. The third-order valence-corrected chi connectivity index (χ3v) is 6.07. The summed E-state index contributed by atoms with van der Waals surface area (Å²) in [4.78, 5) is 14.8. The van der Waals surface area contributed by atoms with Crippen LogP contribution in [0.25, 0.3) is 0 Å². The third-order valence-electron chi connectivity index (χ3n) is 5.73. The zero-order valence-corrected chi connectivity index (χ0v) is 18.4. The van der Waals surface area contributed by atoms with Gasteiger partial charge in [-0.3, -0.25) is 4.79 Å². The molecule has 0 saturated heterocycles. The first-order valence-electron chi connectivity index (χ1n) is 10.4. The van der Waals surface area contributed by atoms with Gasteiger partial charge in [-0.1, -0.05) is 24.3 Å². The number of Topliss-reactive ketones (excluding diaryl/α,β-unsaturated/α-hetero) is 1. The number of benzene rings is 2. The van der Waals surface area contributed by atoms with Gasteiger partial charge in [-0.15, -0.1) is 0 Å². The number of ether oxygens (including phenoxy) is 2. The van der Waals surface area contributed by atoms with E-state index >= 15 is 0 Å². The SMILES string of the molecule is CCN1C(=S)NC(c2ccc(OCc3ccccc3F)c(OC)c2)C2=C1CCCC2=O. The molecule has 1 N–H and O–H groups in total. The number of nitrogens with one attached hydrogen (secondary N) is 1. The van der Waals surface area contributed by atoms with Gasteiger partial charge in [0.1, 0.15) is 12.4 Å². The van der Waals surface area contributed by atoms with Crippen LogP contribution in [-0.2, 0) is 11.4 Å². The molecule has 1 atom stereocenters. The second-order valence-electron chi connectivity index (χ2n) is 7.55. The Hall–Kier alpha value is -2.93. The number of carbonyl (C=O) groups is 1. The lowest BCUT2D eigenvalue weighted by Crippen LogP contribution is -2.49. The van der Waals surface area contributed by atoms with Gasteiger partial charge in [-0.05, 0) is 55.7 Å². The Bertz CT molecular complexity index is 1050. The van der Waals surface area contributed by atoms with E-state index in [0.29, 0.717) is 28.6 Å². The van der Waals surface area contributed by atoms with Gasteiger partial charge in [0.25, 0.3) is 0 Å². The van der Waals surface area contributed by atoms with Crippen molar-refractivity contribution in [1.29, 1.82) is 0 Å². The summed E-state index contributed by atoms with van der Waals surface area (Å²) in [6, 6.07) is 11.7. The summed E-state index contributed by atoms with van der Waals surface area (Å²) in [5.41, 5.74) is 3.14. The Morgan fingerprint density at radius 2 is 2.00 bits per heavy atom. The predicted octanol–water partition coefficient (Wildman–Crippen LogP) is 4.67. The van der Waals surface area contributed by atoms with E-state index in [1.807, 2.05) is 24.0 Å². The number of halogens is 1. The highest BCUT2D eigenvalue weighted by Crippen LogP contribution is 2.39. The molecule has 0 saturated carbocycles. The van der Waals surface area contributed by atoms with Crippen molar-refractivity contribution in [2.24, 2.45) is 0 Å². The molecule has 162 valence electrons. The minimum atomic E-state index is -0.326. The summed E-state index contributed by atoms with van der Waals surface area (Å²) in [6.45, 7) is 2.84. The molecular formula is C24H25FN2O3S. The van der Waals surface area contributed by atoms with Crippen molar-refractivity contribution in [3.8, 4) is 11.5 Å². The van der Waals surface area contributed by atoms with Crippen LogP contribution < -0.4 is 14.8 Å². The Labute approximate surface area is 186 Å². The molecule has 2 aromatic carbocycles. The first-order chi connectivity index (χ1) is 15.0. The van der Waals surface area contributed by atoms with E-state index in [1.54, 1.807) is 31.4 Å². The van der Waals surface area contributed by atoms with E-state index in [-0.39, 0.29) is 24.2 Å². The van der Waals surface area contributed by atoms with Gasteiger partial charge in [-0.2, -0.15) is 0 Å². The van der Waals surface area contributed by atoms with Crippen molar-refractivity contribution >= 4 is 23.1 Å². The lowest BCUT2D eigenvalue weighted by Gasteiger charge is -2.40. The fourth-order valence-electron chi connectivity index (χ4n) is 4.19. The normalized spacial score (nSPS) is 18.5. The summed E-state index contributed by atoms with van der Waals surface area (Å²) in [7, 11) is 1.56. The van der Waals surface area contributed by atoms with Gasteiger partial charge >= 0.3 is 0 Å². The second kappa shape index (κ2) is 9.06. The van der Waals surface area contributed by atoms with Crippen LogP contribution in [0, 0.1) is 5.82 Å². The van der Waals surface area contributed by atoms with Crippen molar-refractivity contribution in [2.45, 2.75) is 38.8 Å². The Morgan fingerprint density at radius 3 is 2.74 bits per heavy atom. The molecule has 0 bridgehead atoms. The minimum Gasteiger partial charge on any atom is -0.493 e. The van der Waals surface area contributed by atoms with Crippen LogP contribution in [0.1, 0.15) is 43.4 Å². The Morgan fingerprint density at radius 1 is 1.19 bits per heavy atom. The quantitative estimate of drug-likeness (QED) is 0.659. The molecule has 1 unspecified atom stereocenters. The molecule has 2 aromatic rings. The van der Waals surface area contributed by atoms with Crippen molar-refractivity contribution in [3.63, 3.8) is 0 Å². The van der Waals surface area contributed by atoms with Crippen LogP contribution in [-0.4, -0.2) is 29.5 Å². The summed E-state index contributed by atoms with van der Waals surface area (Å²) in [6.07, 6.45) is 2.23. The average molecular weight is 441 g/mol. The van der Waals surface area contributed by atoms with Crippen molar-refractivity contribution < 1.29 is 18.7 Å². The third kappa shape index (κ3) is 4.14. The maximum atomic E-state index is 13.9. The molecule has 4 rings (SSSR count). The number of allylic oxidation sites excluding steroid dienone is 1. The molecule has 7 heteroatoms. The molecule has 5 nitrogen and oxygen atoms in total. The molecule has 0 spiro atoms. The van der Waals surface area contributed by atoms with Crippen LogP contribution >= 0.6 is 12.2 Å². The summed E-state index contributed by atoms with van der Waals surface area (Å²) < 4.78 is 25.3. The topological polar surface area (TPSA) is 50.8 Å². The molecule has 1 heterocycles. The molecule has 2 aliphatic rings. The number of rotatable bonds is 6. The standard InChI is InChI=1S/C24H25FN2O3S/c1-3-27-18-9-6-10-19(28)22(18)23(26-24(27)31)15-11-12-20(21(13-15)29-2)30-14-16-7-4-5-8-17(16)25/h4-5,7-8,11-13,23H,3,6,9-10,14H2,1-2H3,(H,26,31). The number of hydrogen-bond acceptors (Lipinski definition) is 4. The highest BCUT2D eigenvalue weighted by atomic mass is 32.1. The fourth-order valence-corrected chi connectivity index (χ4v) is 4.55. The maximum Gasteiger partial charge on any atom is 0.173 e. The number of hydrogen-bond donors (Lipinski definition) is 1. The molecule has 1 aliphatic carbocycles. The molecular weight excluding hydrogens is 415 g/mol. The Kier molecular flexibility index (Phi) is 6.23. The summed E-state index contributed by atoms with van der Waals surface area (Å²) in [5, 5.41) is 3.96. The second-order valence-corrected chi connectivity index (χ2v) is 7.94. The molecule has 31 heavy (non-hydrogen) atoms. The monoisotopic (exact) mass is 440 g/mol. The average Bonchev–Trinajstić information content (AvgIpc) is 2.78. The predicted molar refractivity (Wildman–Crippen MR) is 120 cm³/mol. The molecule has 0 amide bonds. The maximum absolute atomic E-state index is 13.9. The summed E-state index contributed by atoms with van der Waals surface area (Å²) in [5.74, 6) is 0.865. The zero-order valence-electron chi connectivity index (χ0n) is 17.6. The van der Waals surface area contributed by atoms with E-state index < -0.39 is 0 Å². The van der Waals surface area contributed by atoms with Gasteiger partial charge in [0.2, 0.25) is 0 Å². The highest BCUT2D eigenvalue weighted by molar-refractivity contribution is 7.80. The number of thiocarbonyl (C=S) groups is 1. The Balaban J connectivity index is 1.64.